The maximum absolute atomic E-state index is 11.6. The maximum atomic E-state index is 11.6. The van der Waals surface area contributed by atoms with Crippen LogP contribution in [0.4, 0.5) is 0 Å². The summed E-state index contributed by atoms with van der Waals surface area (Å²) in [6, 6.07) is 4.61. The van der Waals surface area contributed by atoms with E-state index < -0.39 is 11.9 Å². The minimum absolute atomic E-state index is 0.126. The molecule has 0 spiro atoms. The van der Waals surface area contributed by atoms with Gasteiger partial charge < -0.3 is 9.47 Å². The second-order valence-corrected chi connectivity index (χ2v) is 3.29. The van der Waals surface area contributed by atoms with Crippen LogP contribution in [0.5, 0.6) is 0 Å². The van der Waals surface area contributed by atoms with Gasteiger partial charge in [0.2, 0.25) is 0 Å². The lowest BCUT2D eigenvalue weighted by Gasteiger charge is -2.08. The standard InChI is InChI=1S/C12H14O6/c1-15-11(13)9-5-4-8(7-18-17-3)6-10(9)12(14)16-2/h4-6H,7H2,1-3H3. The van der Waals surface area contributed by atoms with Crippen molar-refractivity contribution >= 4 is 11.9 Å². The van der Waals surface area contributed by atoms with Crippen molar-refractivity contribution in [1.82, 2.24) is 0 Å². The van der Waals surface area contributed by atoms with Crippen molar-refractivity contribution in [3.8, 4) is 0 Å². The second kappa shape index (κ2) is 6.73. The Morgan fingerprint density at radius 1 is 1.00 bits per heavy atom. The van der Waals surface area contributed by atoms with Crippen molar-refractivity contribution in [2.24, 2.45) is 0 Å². The van der Waals surface area contributed by atoms with Crippen molar-refractivity contribution in [3.63, 3.8) is 0 Å². The third kappa shape index (κ3) is 3.28. The average Bonchev–Trinajstić information content (AvgIpc) is 2.43. The van der Waals surface area contributed by atoms with Gasteiger partial charge in [-0.25, -0.2) is 19.4 Å². The summed E-state index contributed by atoms with van der Waals surface area (Å²) in [6.45, 7) is 0.155. The van der Waals surface area contributed by atoms with E-state index in [0.29, 0.717) is 5.56 Å². The third-order valence-electron chi connectivity index (χ3n) is 2.24. The Morgan fingerprint density at radius 2 is 1.61 bits per heavy atom. The Kier molecular flexibility index (Phi) is 5.29. The molecule has 0 atom stereocenters. The SMILES string of the molecule is COOCc1ccc(C(=O)OC)c(C(=O)OC)c1. The highest BCUT2D eigenvalue weighted by Gasteiger charge is 2.18. The molecule has 0 fully saturated rings. The molecule has 0 unspecified atom stereocenters. The number of hydrogen-bond donors (Lipinski definition) is 0. The Labute approximate surface area is 104 Å². The Bertz CT molecular complexity index is 440. The van der Waals surface area contributed by atoms with Crippen molar-refractivity contribution in [2.75, 3.05) is 21.3 Å². The first kappa shape index (κ1) is 14.1. The van der Waals surface area contributed by atoms with Crippen molar-refractivity contribution in [2.45, 2.75) is 6.61 Å². The number of carbonyl (C=O) groups is 2. The van der Waals surface area contributed by atoms with Crippen molar-refractivity contribution in [3.05, 3.63) is 34.9 Å². The number of hydrogen-bond acceptors (Lipinski definition) is 6. The highest BCUT2D eigenvalue weighted by Crippen LogP contribution is 2.15. The highest BCUT2D eigenvalue weighted by molar-refractivity contribution is 6.03. The molecular weight excluding hydrogens is 240 g/mol. The van der Waals surface area contributed by atoms with E-state index in [-0.39, 0.29) is 17.7 Å². The van der Waals surface area contributed by atoms with Gasteiger partial charge in [-0.05, 0) is 17.7 Å². The summed E-state index contributed by atoms with van der Waals surface area (Å²) in [5.74, 6) is -1.22. The van der Waals surface area contributed by atoms with E-state index in [1.807, 2.05) is 0 Å². The molecule has 6 heteroatoms. The van der Waals surface area contributed by atoms with Crippen LogP contribution in [0.25, 0.3) is 0 Å². The van der Waals surface area contributed by atoms with Crippen LogP contribution >= 0.6 is 0 Å². The van der Waals surface area contributed by atoms with Gasteiger partial charge in [-0.2, -0.15) is 0 Å². The molecule has 1 aromatic carbocycles. The number of ether oxygens (including phenoxy) is 2. The van der Waals surface area contributed by atoms with Crippen molar-refractivity contribution in [1.29, 1.82) is 0 Å². The zero-order chi connectivity index (χ0) is 13.5. The summed E-state index contributed by atoms with van der Waals surface area (Å²) in [5, 5.41) is 0. The monoisotopic (exact) mass is 254 g/mol. The van der Waals surface area contributed by atoms with Gasteiger partial charge in [-0.15, -0.1) is 0 Å². The van der Waals surface area contributed by atoms with Gasteiger partial charge in [-0.1, -0.05) is 6.07 Å². The minimum Gasteiger partial charge on any atom is -0.465 e. The number of rotatable bonds is 5. The van der Waals surface area contributed by atoms with Crippen LogP contribution in [0.15, 0.2) is 18.2 Å². The van der Waals surface area contributed by atoms with Crippen LogP contribution in [0.3, 0.4) is 0 Å². The third-order valence-corrected chi connectivity index (χ3v) is 2.24. The summed E-state index contributed by atoms with van der Waals surface area (Å²) in [7, 11) is 3.86. The van der Waals surface area contributed by atoms with Crippen LogP contribution in [0.2, 0.25) is 0 Å². The molecule has 0 saturated heterocycles. The maximum Gasteiger partial charge on any atom is 0.338 e. The fourth-order valence-corrected chi connectivity index (χ4v) is 1.37. The molecule has 98 valence electrons. The van der Waals surface area contributed by atoms with Gasteiger partial charge >= 0.3 is 11.9 Å². The molecule has 0 saturated carbocycles. The zero-order valence-electron chi connectivity index (χ0n) is 10.4. The van der Waals surface area contributed by atoms with Gasteiger partial charge in [0.25, 0.3) is 0 Å². The van der Waals surface area contributed by atoms with Crippen LogP contribution in [0.1, 0.15) is 26.3 Å². The first-order chi connectivity index (χ1) is 8.63. The van der Waals surface area contributed by atoms with Gasteiger partial charge in [0.05, 0.1) is 32.5 Å². The molecule has 0 heterocycles. The van der Waals surface area contributed by atoms with Crippen LogP contribution < -0.4 is 0 Å². The Morgan fingerprint density at radius 3 is 2.17 bits per heavy atom. The zero-order valence-corrected chi connectivity index (χ0v) is 10.4. The lowest BCUT2D eigenvalue weighted by Crippen LogP contribution is -2.12. The van der Waals surface area contributed by atoms with E-state index in [4.69, 9.17) is 4.89 Å². The van der Waals surface area contributed by atoms with Gasteiger partial charge in [0.15, 0.2) is 0 Å². The lowest BCUT2D eigenvalue weighted by atomic mass is 10.0. The summed E-state index contributed by atoms with van der Waals surface area (Å²) in [5.41, 5.74) is 0.942. The van der Waals surface area contributed by atoms with E-state index >= 15 is 0 Å². The van der Waals surface area contributed by atoms with E-state index in [1.165, 1.54) is 33.5 Å². The Balaban J connectivity index is 3.12. The fraction of sp³-hybridized carbons (Fsp3) is 0.333. The fourth-order valence-electron chi connectivity index (χ4n) is 1.37. The molecule has 1 aromatic rings. The number of benzene rings is 1. The molecule has 0 aliphatic carbocycles. The summed E-state index contributed by atoms with van der Waals surface area (Å²) < 4.78 is 9.20. The predicted octanol–water partition coefficient (Wildman–Crippen LogP) is 1.34. The number of carbonyl (C=O) groups excluding carboxylic acids is 2. The first-order valence-electron chi connectivity index (χ1n) is 5.09. The quantitative estimate of drug-likeness (QED) is 0.448. The molecule has 0 aliphatic rings. The number of esters is 2. The molecule has 6 nitrogen and oxygen atoms in total. The molecular formula is C12H14O6. The largest absolute Gasteiger partial charge is 0.465 e. The van der Waals surface area contributed by atoms with E-state index in [9.17, 15) is 9.59 Å². The molecule has 18 heavy (non-hydrogen) atoms. The van der Waals surface area contributed by atoms with E-state index in [2.05, 4.69) is 14.4 Å². The molecule has 0 radical (unpaired) electrons. The van der Waals surface area contributed by atoms with Crippen molar-refractivity contribution < 1.29 is 28.8 Å². The first-order valence-corrected chi connectivity index (χ1v) is 5.09. The second-order valence-electron chi connectivity index (χ2n) is 3.29. The summed E-state index contributed by atoms with van der Waals surface area (Å²) in [4.78, 5) is 32.3. The molecule has 0 N–H and O–H groups in total. The molecule has 1 rings (SSSR count). The lowest BCUT2D eigenvalue weighted by molar-refractivity contribution is -0.282. The summed E-state index contributed by atoms with van der Waals surface area (Å²) in [6.07, 6.45) is 0. The van der Waals surface area contributed by atoms with E-state index in [0.717, 1.165) is 0 Å². The van der Waals surface area contributed by atoms with Gasteiger partial charge in [-0.3, -0.25) is 0 Å². The van der Waals surface area contributed by atoms with Crippen LogP contribution in [-0.4, -0.2) is 33.3 Å². The van der Waals surface area contributed by atoms with E-state index in [1.54, 1.807) is 6.07 Å². The molecule has 0 bridgehead atoms. The summed E-state index contributed by atoms with van der Waals surface area (Å²) >= 11 is 0. The minimum atomic E-state index is -0.616. The molecule has 0 aromatic heterocycles. The topological polar surface area (TPSA) is 71.1 Å². The molecule has 0 amide bonds. The van der Waals surface area contributed by atoms with Crippen LogP contribution in [-0.2, 0) is 25.9 Å². The van der Waals surface area contributed by atoms with Crippen LogP contribution in [0, 0.1) is 0 Å². The highest BCUT2D eigenvalue weighted by atomic mass is 17.2. The van der Waals surface area contributed by atoms with Gasteiger partial charge in [0, 0.05) is 0 Å². The molecule has 0 aliphatic heterocycles. The average molecular weight is 254 g/mol. The Hall–Kier alpha value is -1.92. The normalized spacial score (nSPS) is 9.94. The smallest absolute Gasteiger partial charge is 0.338 e. The van der Waals surface area contributed by atoms with Gasteiger partial charge in [0.1, 0.15) is 6.61 Å². The number of methoxy groups -OCH3 is 2. The predicted molar refractivity (Wildman–Crippen MR) is 60.9 cm³/mol.